The van der Waals surface area contributed by atoms with Crippen molar-refractivity contribution in [3.05, 3.63) is 18.2 Å². The first kappa shape index (κ1) is 18.4. The zero-order valence-electron chi connectivity index (χ0n) is 14.2. The van der Waals surface area contributed by atoms with Gasteiger partial charge in [0.1, 0.15) is 0 Å². The van der Waals surface area contributed by atoms with Gasteiger partial charge in [0, 0.05) is 37.8 Å². The average Bonchev–Trinajstić information content (AvgIpc) is 2.93. The molecule has 1 aromatic carbocycles. The van der Waals surface area contributed by atoms with Crippen molar-refractivity contribution >= 4 is 21.4 Å². The topological polar surface area (TPSA) is 84.9 Å². The number of sulfone groups is 1. The molecule has 1 fully saturated rings. The molecular weight excluding hydrogens is 332 g/mol. The summed E-state index contributed by atoms with van der Waals surface area (Å²) in [6, 6.07) is 5.23. The third-order valence-corrected chi connectivity index (χ3v) is 5.95. The SMILES string of the molecule is COc1ccc(NCCC(=O)N(C)C2CCS(=O)(=O)C2)cc1OC. The highest BCUT2D eigenvalue weighted by Gasteiger charge is 2.32. The lowest BCUT2D eigenvalue weighted by atomic mass is 10.2. The first-order chi connectivity index (χ1) is 11.4. The summed E-state index contributed by atoms with van der Waals surface area (Å²) in [7, 11) is 1.82. The molecule has 134 valence electrons. The Labute approximate surface area is 142 Å². The second-order valence-electron chi connectivity index (χ2n) is 5.81. The van der Waals surface area contributed by atoms with E-state index in [9.17, 15) is 13.2 Å². The number of rotatable bonds is 7. The van der Waals surface area contributed by atoms with Crippen molar-refractivity contribution in [2.75, 3.05) is 44.6 Å². The third-order valence-electron chi connectivity index (χ3n) is 4.20. The van der Waals surface area contributed by atoms with Crippen LogP contribution >= 0.6 is 0 Å². The van der Waals surface area contributed by atoms with Gasteiger partial charge in [0.15, 0.2) is 21.3 Å². The van der Waals surface area contributed by atoms with Gasteiger partial charge < -0.3 is 19.7 Å². The summed E-state index contributed by atoms with van der Waals surface area (Å²) < 4.78 is 33.4. The second kappa shape index (κ2) is 7.74. The maximum Gasteiger partial charge on any atom is 0.224 e. The first-order valence-corrected chi connectivity index (χ1v) is 9.60. The zero-order valence-corrected chi connectivity index (χ0v) is 15.1. The number of ether oxygens (including phenoxy) is 2. The van der Waals surface area contributed by atoms with Crippen LogP contribution in [-0.2, 0) is 14.6 Å². The highest BCUT2D eigenvalue weighted by atomic mass is 32.2. The molecule has 24 heavy (non-hydrogen) atoms. The molecule has 0 saturated carbocycles. The quantitative estimate of drug-likeness (QED) is 0.789. The number of nitrogens with one attached hydrogen (secondary N) is 1. The molecule has 1 unspecified atom stereocenters. The van der Waals surface area contributed by atoms with Crippen molar-refractivity contribution < 1.29 is 22.7 Å². The Kier molecular flexibility index (Phi) is 5.93. The lowest BCUT2D eigenvalue weighted by molar-refractivity contribution is -0.131. The molecule has 1 aliphatic rings. The van der Waals surface area contributed by atoms with Crippen molar-refractivity contribution in [2.45, 2.75) is 18.9 Å². The van der Waals surface area contributed by atoms with Gasteiger partial charge in [0.25, 0.3) is 0 Å². The Bertz CT molecular complexity index is 690. The van der Waals surface area contributed by atoms with E-state index in [1.165, 1.54) is 0 Å². The predicted octanol–water partition coefficient (Wildman–Crippen LogP) is 1.15. The van der Waals surface area contributed by atoms with E-state index in [0.717, 1.165) is 5.69 Å². The van der Waals surface area contributed by atoms with Gasteiger partial charge in [-0.15, -0.1) is 0 Å². The molecule has 1 aliphatic heterocycles. The van der Waals surface area contributed by atoms with Crippen LogP contribution in [0.4, 0.5) is 5.69 Å². The van der Waals surface area contributed by atoms with Gasteiger partial charge in [-0.3, -0.25) is 4.79 Å². The molecule has 0 spiro atoms. The molecule has 0 aliphatic carbocycles. The maximum absolute atomic E-state index is 12.2. The number of carbonyl (C=O) groups is 1. The highest BCUT2D eigenvalue weighted by Crippen LogP contribution is 2.29. The fraction of sp³-hybridized carbons (Fsp3) is 0.562. The molecular formula is C16H24N2O5S. The van der Waals surface area contributed by atoms with Gasteiger partial charge in [-0.05, 0) is 18.6 Å². The smallest absolute Gasteiger partial charge is 0.224 e. The van der Waals surface area contributed by atoms with Crippen LogP contribution in [0.5, 0.6) is 11.5 Å². The minimum absolute atomic E-state index is 0.0647. The van der Waals surface area contributed by atoms with Crippen LogP contribution in [0.1, 0.15) is 12.8 Å². The van der Waals surface area contributed by atoms with Gasteiger partial charge in [0.2, 0.25) is 5.91 Å². The van der Waals surface area contributed by atoms with Crippen LogP contribution in [-0.4, -0.2) is 64.6 Å². The number of methoxy groups -OCH3 is 2. The Hall–Kier alpha value is -1.96. The van der Waals surface area contributed by atoms with E-state index in [0.29, 0.717) is 30.9 Å². The van der Waals surface area contributed by atoms with E-state index in [2.05, 4.69) is 5.32 Å². The van der Waals surface area contributed by atoms with E-state index < -0.39 is 9.84 Å². The van der Waals surface area contributed by atoms with Crippen molar-refractivity contribution in [1.29, 1.82) is 0 Å². The van der Waals surface area contributed by atoms with E-state index in [4.69, 9.17) is 9.47 Å². The molecule has 1 N–H and O–H groups in total. The maximum atomic E-state index is 12.2. The van der Waals surface area contributed by atoms with Gasteiger partial charge in [-0.2, -0.15) is 0 Å². The number of nitrogens with zero attached hydrogens (tertiary/aromatic N) is 1. The molecule has 7 nitrogen and oxygen atoms in total. The fourth-order valence-electron chi connectivity index (χ4n) is 2.72. The monoisotopic (exact) mass is 356 g/mol. The first-order valence-electron chi connectivity index (χ1n) is 7.78. The van der Waals surface area contributed by atoms with E-state index in [1.807, 2.05) is 6.07 Å². The third kappa shape index (κ3) is 4.53. The summed E-state index contributed by atoms with van der Waals surface area (Å²) in [5.41, 5.74) is 0.826. The average molecular weight is 356 g/mol. The normalized spacial score (nSPS) is 18.9. The molecule has 1 aromatic rings. The van der Waals surface area contributed by atoms with Crippen LogP contribution in [0.2, 0.25) is 0 Å². The van der Waals surface area contributed by atoms with Crippen LogP contribution < -0.4 is 14.8 Å². The highest BCUT2D eigenvalue weighted by molar-refractivity contribution is 7.91. The zero-order chi connectivity index (χ0) is 17.7. The Balaban J connectivity index is 1.84. The van der Waals surface area contributed by atoms with Crippen LogP contribution in [0, 0.1) is 0 Å². The number of amides is 1. The summed E-state index contributed by atoms with van der Waals surface area (Å²) in [6.07, 6.45) is 0.815. The number of carbonyl (C=O) groups excluding carboxylic acids is 1. The minimum Gasteiger partial charge on any atom is -0.493 e. The lowest BCUT2D eigenvalue weighted by Crippen LogP contribution is -2.38. The molecule has 1 heterocycles. The molecule has 1 atom stereocenters. The van der Waals surface area contributed by atoms with Gasteiger partial charge in [-0.25, -0.2) is 8.42 Å². The van der Waals surface area contributed by atoms with Crippen LogP contribution in [0.15, 0.2) is 18.2 Å². The number of hydrogen-bond acceptors (Lipinski definition) is 6. The van der Waals surface area contributed by atoms with Crippen LogP contribution in [0.3, 0.4) is 0 Å². The second-order valence-corrected chi connectivity index (χ2v) is 8.04. The Morgan fingerprint density at radius 1 is 1.29 bits per heavy atom. The summed E-state index contributed by atoms with van der Waals surface area (Å²) in [5, 5.41) is 3.16. The van der Waals surface area contributed by atoms with Crippen molar-refractivity contribution in [3.8, 4) is 11.5 Å². The van der Waals surface area contributed by atoms with E-state index in [-0.39, 0.29) is 23.5 Å². The summed E-state index contributed by atoms with van der Waals surface area (Å²) in [5.74, 6) is 1.42. The standard InChI is InChI=1S/C16H24N2O5S/c1-18(13-7-9-24(20,21)11-13)16(19)6-8-17-12-4-5-14(22-2)15(10-12)23-3/h4-5,10,13,17H,6-9,11H2,1-3H3. The van der Waals surface area contributed by atoms with Crippen molar-refractivity contribution in [3.63, 3.8) is 0 Å². The number of hydrogen-bond donors (Lipinski definition) is 1. The molecule has 8 heteroatoms. The van der Waals surface area contributed by atoms with Gasteiger partial charge in [0.05, 0.1) is 25.7 Å². The molecule has 0 bridgehead atoms. The largest absolute Gasteiger partial charge is 0.493 e. The van der Waals surface area contributed by atoms with E-state index in [1.54, 1.807) is 38.3 Å². The predicted molar refractivity (Wildman–Crippen MR) is 92.5 cm³/mol. The lowest BCUT2D eigenvalue weighted by Gasteiger charge is -2.23. The number of anilines is 1. The molecule has 1 saturated heterocycles. The molecule has 0 aromatic heterocycles. The Morgan fingerprint density at radius 3 is 2.58 bits per heavy atom. The van der Waals surface area contributed by atoms with Gasteiger partial charge >= 0.3 is 0 Å². The fourth-order valence-corrected chi connectivity index (χ4v) is 4.50. The molecule has 1 amide bonds. The van der Waals surface area contributed by atoms with E-state index >= 15 is 0 Å². The summed E-state index contributed by atoms with van der Waals surface area (Å²) in [4.78, 5) is 13.8. The molecule has 0 radical (unpaired) electrons. The Morgan fingerprint density at radius 2 is 2.00 bits per heavy atom. The number of benzene rings is 1. The molecule has 2 rings (SSSR count). The minimum atomic E-state index is -2.99. The van der Waals surface area contributed by atoms with Gasteiger partial charge in [-0.1, -0.05) is 0 Å². The summed E-state index contributed by atoms with van der Waals surface area (Å²) >= 11 is 0. The van der Waals surface area contributed by atoms with Crippen molar-refractivity contribution in [1.82, 2.24) is 4.90 Å². The van der Waals surface area contributed by atoms with Crippen molar-refractivity contribution in [2.24, 2.45) is 0 Å². The van der Waals surface area contributed by atoms with Crippen LogP contribution in [0.25, 0.3) is 0 Å². The summed E-state index contributed by atoms with van der Waals surface area (Å²) in [6.45, 7) is 0.456.